The summed E-state index contributed by atoms with van der Waals surface area (Å²) in [4.78, 5) is 28.4. The minimum atomic E-state index is -0.481. The van der Waals surface area contributed by atoms with Gasteiger partial charge in [-0.3, -0.25) is 9.89 Å². The average Bonchev–Trinajstić information content (AvgIpc) is 3.75. The lowest BCUT2D eigenvalue weighted by Crippen LogP contribution is -2.48. The maximum absolute atomic E-state index is 16.8. The van der Waals surface area contributed by atoms with E-state index < -0.39 is 5.82 Å². The number of H-pyrrole nitrogens is 1. The number of hydrogen-bond acceptors (Lipinski definition) is 7. The van der Waals surface area contributed by atoms with Gasteiger partial charge in [-0.15, -0.1) is 0 Å². The second-order valence-corrected chi connectivity index (χ2v) is 12.0. The van der Waals surface area contributed by atoms with Gasteiger partial charge < -0.3 is 20.0 Å². The van der Waals surface area contributed by atoms with E-state index in [9.17, 15) is 4.79 Å². The Morgan fingerprint density at radius 1 is 1.07 bits per heavy atom. The fourth-order valence-electron chi connectivity index (χ4n) is 6.47. The maximum Gasteiger partial charge on any atom is 0.246 e. The van der Waals surface area contributed by atoms with Crippen molar-refractivity contribution in [1.29, 1.82) is 0 Å². The van der Waals surface area contributed by atoms with E-state index in [4.69, 9.17) is 21.6 Å². The number of halogens is 2. The van der Waals surface area contributed by atoms with Gasteiger partial charge in [0.05, 0.1) is 16.7 Å². The van der Waals surface area contributed by atoms with E-state index in [2.05, 4.69) is 31.9 Å². The van der Waals surface area contributed by atoms with Gasteiger partial charge in [-0.05, 0) is 56.4 Å². The van der Waals surface area contributed by atoms with Crippen LogP contribution in [0.3, 0.4) is 0 Å². The summed E-state index contributed by atoms with van der Waals surface area (Å²) < 4.78 is 16.8. The van der Waals surface area contributed by atoms with Gasteiger partial charge in [-0.25, -0.2) is 9.37 Å². The highest BCUT2D eigenvalue weighted by Gasteiger charge is 2.32. The molecule has 0 atom stereocenters. The van der Waals surface area contributed by atoms with Crippen molar-refractivity contribution in [3.63, 3.8) is 0 Å². The molecule has 1 amide bonds. The van der Waals surface area contributed by atoms with Crippen molar-refractivity contribution in [2.45, 2.75) is 44.7 Å². The van der Waals surface area contributed by atoms with Crippen molar-refractivity contribution in [1.82, 2.24) is 30.0 Å². The first-order valence-corrected chi connectivity index (χ1v) is 15.1. The van der Waals surface area contributed by atoms with E-state index in [0.29, 0.717) is 54.5 Å². The highest BCUT2D eigenvalue weighted by molar-refractivity contribution is 6.35. The van der Waals surface area contributed by atoms with Crippen LogP contribution in [0.4, 0.5) is 16.2 Å². The Hall–Kier alpha value is -3.76. The lowest BCUT2D eigenvalue weighted by atomic mass is 9.95. The second kappa shape index (κ2) is 10.8. The molecule has 1 aliphatic carbocycles. The topological polar surface area (TPSA) is 93.3 Å². The number of nitrogens with one attached hydrogen (secondary N) is 2. The quantitative estimate of drug-likeness (QED) is 0.301. The van der Waals surface area contributed by atoms with Crippen LogP contribution >= 0.6 is 11.6 Å². The van der Waals surface area contributed by atoms with Gasteiger partial charge in [0.15, 0.2) is 5.82 Å². The lowest BCUT2D eigenvalue weighted by molar-refractivity contribution is -0.126. The van der Waals surface area contributed by atoms with E-state index in [1.165, 1.54) is 18.9 Å². The van der Waals surface area contributed by atoms with Crippen LogP contribution in [0, 0.1) is 12.7 Å². The van der Waals surface area contributed by atoms with E-state index in [-0.39, 0.29) is 22.5 Å². The molecule has 2 N–H and O–H groups in total. The summed E-state index contributed by atoms with van der Waals surface area (Å²) in [6.07, 6.45) is 7.63. The predicted molar refractivity (Wildman–Crippen MR) is 165 cm³/mol. The summed E-state index contributed by atoms with van der Waals surface area (Å²) in [6, 6.07) is 6.61. The van der Waals surface area contributed by atoms with E-state index in [1.807, 2.05) is 19.1 Å². The summed E-state index contributed by atoms with van der Waals surface area (Å²) in [5.74, 6) is 0.459. The van der Waals surface area contributed by atoms with Gasteiger partial charge in [-0.1, -0.05) is 24.2 Å². The minimum absolute atomic E-state index is 0.0929. The third-order valence-corrected chi connectivity index (χ3v) is 9.23. The number of piperidine rings is 1. The van der Waals surface area contributed by atoms with Crippen LogP contribution in [0.15, 0.2) is 37.1 Å². The zero-order valence-corrected chi connectivity index (χ0v) is 24.4. The van der Waals surface area contributed by atoms with E-state index in [0.717, 1.165) is 48.4 Å². The third kappa shape index (κ3) is 4.86. The van der Waals surface area contributed by atoms with Gasteiger partial charge in [0.1, 0.15) is 11.3 Å². The van der Waals surface area contributed by atoms with Gasteiger partial charge in [-0.2, -0.15) is 10.1 Å². The van der Waals surface area contributed by atoms with Crippen LogP contribution in [0.1, 0.15) is 31.2 Å². The molecule has 0 spiro atoms. The monoisotopic (exact) mass is 588 g/mol. The molecule has 7 rings (SSSR count). The Labute approximate surface area is 248 Å². The van der Waals surface area contributed by atoms with Crippen molar-refractivity contribution in [3.8, 4) is 11.1 Å². The molecule has 0 bridgehead atoms. The summed E-state index contributed by atoms with van der Waals surface area (Å²) in [5.41, 5.74) is 2.93. The minimum Gasteiger partial charge on any atom is -0.352 e. The summed E-state index contributed by atoms with van der Waals surface area (Å²) in [5, 5.41) is 12.3. The molecule has 3 aliphatic rings. The number of aryl methyl sites for hydroxylation is 1. The zero-order valence-electron chi connectivity index (χ0n) is 23.7. The Kier molecular flexibility index (Phi) is 6.98. The van der Waals surface area contributed by atoms with Crippen LogP contribution in [-0.2, 0) is 4.79 Å². The molecule has 9 nitrogen and oxygen atoms in total. The highest BCUT2D eigenvalue weighted by Crippen LogP contribution is 2.42. The van der Waals surface area contributed by atoms with Crippen molar-refractivity contribution >= 4 is 51.1 Å². The number of amides is 1. The number of anilines is 2. The molecule has 2 aromatic carbocycles. The maximum atomic E-state index is 16.8. The van der Waals surface area contributed by atoms with Crippen LogP contribution < -0.4 is 10.2 Å². The third-order valence-electron chi connectivity index (χ3n) is 8.94. The number of aromatic amines is 1. The highest BCUT2D eigenvalue weighted by atomic mass is 35.5. The van der Waals surface area contributed by atoms with Gasteiger partial charge >= 0.3 is 0 Å². The number of carbonyl (C=O) groups is 1. The summed E-state index contributed by atoms with van der Waals surface area (Å²) in [7, 11) is 0. The number of likely N-dealkylation sites (tertiary alicyclic amines) is 1. The molecular formula is C31H34ClFN8O. The fourth-order valence-corrected chi connectivity index (χ4v) is 6.76. The van der Waals surface area contributed by atoms with Crippen molar-refractivity contribution < 1.29 is 9.18 Å². The Morgan fingerprint density at radius 2 is 1.83 bits per heavy atom. The van der Waals surface area contributed by atoms with Crippen molar-refractivity contribution in [2.24, 2.45) is 0 Å². The van der Waals surface area contributed by atoms with E-state index >= 15 is 4.39 Å². The van der Waals surface area contributed by atoms with Crippen molar-refractivity contribution in [2.75, 3.05) is 49.5 Å². The first kappa shape index (κ1) is 27.1. The number of carbonyl (C=O) groups excluding carboxylic acids is 1. The fraction of sp³-hybridized carbons (Fsp3) is 0.419. The summed E-state index contributed by atoms with van der Waals surface area (Å²) >= 11 is 6.89. The van der Waals surface area contributed by atoms with Crippen molar-refractivity contribution in [3.05, 3.63) is 53.5 Å². The molecule has 218 valence electrons. The molecule has 11 heteroatoms. The molecule has 0 radical (unpaired) electrons. The second-order valence-electron chi connectivity index (χ2n) is 11.6. The molecular weight excluding hydrogens is 555 g/mol. The largest absolute Gasteiger partial charge is 0.352 e. The van der Waals surface area contributed by atoms with Crippen LogP contribution in [0.2, 0.25) is 5.02 Å². The number of nitrogens with zero attached hydrogens (tertiary/aromatic N) is 6. The standard InChI is InChI=1S/C31H34ClFN8O/c1-3-25(42)40-12-14-41(15-13-40)30-21-16-23(32)27(26-18(2)4-7-24-22(26)17-34-38-24)28(33)29(21)36-31(37-30)35-19-8-10-39(11-9-19)20-5-6-20/h3-4,7,16-17,19-20H,1,5-6,8-15H2,2H3,(H,34,38)(H,35,36,37). The predicted octanol–water partition coefficient (Wildman–Crippen LogP) is 5.15. The number of aromatic nitrogens is 4. The molecule has 1 saturated carbocycles. The molecule has 2 aliphatic heterocycles. The molecule has 2 saturated heterocycles. The molecule has 2 aromatic heterocycles. The van der Waals surface area contributed by atoms with Gasteiger partial charge in [0, 0.05) is 73.3 Å². The Morgan fingerprint density at radius 3 is 2.55 bits per heavy atom. The first-order chi connectivity index (χ1) is 20.4. The SMILES string of the molecule is C=CC(=O)N1CCN(c2nc(NC3CCN(C4CC4)CC3)nc3c(F)c(-c4c(C)ccc5[nH]ncc45)c(Cl)cc23)CC1. The molecule has 42 heavy (non-hydrogen) atoms. The van der Waals surface area contributed by atoms with Gasteiger partial charge in [0.25, 0.3) is 0 Å². The number of hydrogen-bond donors (Lipinski definition) is 2. The molecule has 4 aromatic rings. The summed E-state index contributed by atoms with van der Waals surface area (Å²) in [6.45, 7) is 9.80. The molecule has 0 unspecified atom stereocenters. The average molecular weight is 589 g/mol. The Balaban J connectivity index is 1.31. The Bertz CT molecular complexity index is 1690. The lowest BCUT2D eigenvalue weighted by Gasteiger charge is -2.36. The smallest absolute Gasteiger partial charge is 0.246 e. The molecule has 3 fully saturated rings. The number of fused-ring (bicyclic) bond motifs is 2. The molecule has 4 heterocycles. The normalized spacial score (nSPS) is 18.6. The first-order valence-electron chi connectivity index (χ1n) is 14.7. The van der Waals surface area contributed by atoms with Gasteiger partial charge in [0.2, 0.25) is 11.9 Å². The number of piperazine rings is 1. The van der Waals surface area contributed by atoms with E-state index in [1.54, 1.807) is 17.2 Å². The van der Waals surface area contributed by atoms with Crippen LogP contribution in [0.5, 0.6) is 0 Å². The number of rotatable bonds is 6. The van der Waals surface area contributed by atoms with Crippen LogP contribution in [-0.4, -0.2) is 87.2 Å². The van der Waals surface area contributed by atoms with Crippen LogP contribution in [0.25, 0.3) is 32.9 Å². The zero-order chi connectivity index (χ0) is 29.0. The number of benzene rings is 2.